The number of carbonyl (C=O) groups excluding carboxylic acids is 2. The van der Waals surface area contributed by atoms with E-state index in [0.717, 1.165) is 22.2 Å². The third kappa shape index (κ3) is 4.31. The number of aromatic nitrogens is 1. The Labute approximate surface area is 217 Å². The molecule has 9 heteroatoms. The van der Waals surface area contributed by atoms with Crippen molar-refractivity contribution in [2.24, 2.45) is 0 Å². The molecule has 0 saturated heterocycles. The van der Waals surface area contributed by atoms with Gasteiger partial charge in [0.15, 0.2) is 5.76 Å². The van der Waals surface area contributed by atoms with E-state index in [0.29, 0.717) is 28.4 Å². The summed E-state index contributed by atoms with van der Waals surface area (Å²) in [6.07, 6.45) is 2.38. The van der Waals surface area contributed by atoms with E-state index in [-0.39, 0.29) is 12.1 Å². The highest BCUT2D eigenvalue weighted by molar-refractivity contribution is 7.12. The number of rotatable bonds is 9. The van der Waals surface area contributed by atoms with Gasteiger partial charge in [-0.3, -0.25) is 9.59 Å². The molecular formula is C28H26N2O6S. The Bertz CT molecular complexity index is 1500. The van der Waals surface area contributed by atoms with Crippen LogP contribution >= 0.6 is 11.3 Å². The van der Waals surface area contributed by atoms with E-state index in [1.54, 1.807) is 49.9 Å². The second-order valence-corrected chi connectivity index (χ2v) is 9.50. The van der Waals surface area contributed by atoms with Crippen molar-refractivity contribution in [3.63, 3.8) is 0 Å². The molecule has 3 heterocycles. The maximum atomic E-state index is 13.5. The second-order valence-electron chi connectivity index (χ2n) is 8.55. The molecule has 1 amide bonds. The van der Waals surface area contributed by atoms with E-state index in [1.165, 1.54) is 23.3 Å². The number of nitrogens with zero attached hydrogens (tertiary/aromatic N) is 1. The van der Waals surface area contributed by atoms with Crippen molar-refractivity contribution in [1.29, 1.82) is 0 Å². The van der Waals surface area contributed by atoms with Gasteiger partial charge in [0.1, 0.15) is 17.2 Å². The number of aromatic amines is 1. The lowest BCUT2D eigenvalue weighted by molar-refractivity contribution is -0.129. The monoisotopic (exact) mass is 518 g/mol. The minimum Gasteiger partial charge on any atom is -0.503 e. The Hall–Kier alpha value is -4.24. The van der Waals surface area contributed by atoms with Crippen molar-refractivity contribution in [1.82, 2.24) is 9.88 Å². The number of aliphatic hydroxyl groups excluding tert-OH is 1. The van der Waals surface area contributed by atoms with Crippen LogP contribution in [0.25, 0.3) is 10.9 Å². The number of methoxy groups -OCH3 is 3. The van der Waals surface area contributed by atoms with E-state index in [1.807, 2.05) is 24.4 Å². The maximum absolute atomic E-state index is 13.5. The second kappa shape index (κ2) is 10.0. The number of fused-ring (bicyclic) bond motifs is 1. The fraction of sp³-hybridized carbons (Fsp3) is 0.214. The van der Waals surface area contributed by atoms with Crippen molar-refractivity contribution in [3.05, 3.63) is 87.4 Å². The SMILES string of the molecule is COc1ccc(OC)c([C@@H]2C(C(=O)c3cccs3)=C(O)C(=O)N2CCc2c[nH]c3ccc(OC)cc23)c1. The van der Waals surface area contributed by atoms with Crippen LogP contribution < -0.4 is 14.2 Å². The van der Waals surface area contributed by atoms with Gasteiger partial charge in [0.05, 0.1) is 37.8 Å². The summed E-state index contributed by atoms with van der Waals surface area (Å²) in [6.45, 7) is 0.249. The highest BCUT2D eigenvalue weighted by atomic mass is 32.1. The predicted molar refractivity (Wildman–Crippen MR) is 141 cm³/mol. The largest absolute Gasteiger partial charge is 0.503 e. The summed E-state index contributed by atoms with van der Waals surface area (Å²) < 4.78 is 16.4. The molecule has 190 valence electrons. The molecule has 1 aliphatic rings. The van der Waals surface area contributed by atoms with Gasteiger partial charge in [0.2, 0.25) is 5.78 Å². The van der Waals surface area contributed by atoms with E-state index >= 15 is 0 Å². The summed E-state index contributed by atoms with van der Waals surface area (Å²) in [5, 5.41) is 13.8. The highest BCUT2D eigenvalue weighted by Crippen LogP contribution is 2.44. The molecule has 37 heavy (non-hydrogen) atoms. The number of ketones is 1. The molecule has 0 bridgehead atoms. The van der Waals surface area contributed by atoms with Gasteiger partial charge in [-0.25, -0.2) is 0 Å². The van der Waals surface area contributed by atoms with Crippen LogP contribution in [-0.2, 0) is 11.2 Å². The average Bonchev–Trinajstić information content (AvgIpc) is 3.66. The quantitative estimate of drug-likeness (QED) is 0.300. The molecule has 1 atom stereocenters. The van der Waals surface area contributed by atoms with Crippen LogP contribution in [0.15, 0.2) is 71.4 Å². The number of nitrogens with one attached hydrogen (secondary N) is 1. The smallest absolute Gasteiger partial charge is 0.290 e. The van der Waals surface area contributed by atoms with E-state index in [9.17, 15) is 14.7 Å². The number of Topliss-reactive ketones (excluding diaryl/α,β-unsaturated/α-hetero) is 1. The predicted octanol–water partition coefficient (Wildman–Crippen LogP) is 5.08. The lowest BCUT2D eigenvalue weighted by Crippen LogP contribution is -2.33. The molecule has 0 saturated carbocycles. The van der Waals surface area contributed by atoms with Crippen molar-refractivity contribution in [3.8, 4) is 17.2 Å². The number of aliphatic hydroxyl groups is 1. The number of H-pyrrole nitrogens is 1. The van der Waals surface area contributed by atoms with Gasteiger partial charge in [-0.2, -0.15) is 0 Å². The highest BCUT2D eigenvalue weighted by Gasteiger charge is 2.45. The fourth-order valence-electron chi connectivity index (χ4n) is 4.77. The van der Waals surface area contributed by atoms with Gasteiger partial charge in [-0.15, -0.1) is 11.3 Å². The topological polar surface area (TPSA) is 101 Å². The van der Waals surface area contributed by atoms with E-state index in [4.69, 9.17) is 14.2 Å². The van der Waals surface area contributed by atoms with Gasteiger partial charge < -0.3 is 29.2 Å². The van der Waals surface area contributed by atoms with Gasteiger partial charge in [0, 0.05) is 29.2 Å². The Morgan fingerprint density at radius 1 is 1.05 bits per heavy atom. The summed E-state index contributed by atoms with van der Waals surface area (Å²) in [6, 6.07) is 13.6. The molecule has 2 N–H and O–H groups in total. The van der Waals surface area contributed by atoms with Gasteiger partial charge >= 0.3 is 0 Å². The zero-order valence-corrected chi connectivity index (χ0v) is 21.4. The van der Waals surface area contributed by atoms with E-state index in [2.05, 4.69) is 4.98 Å². The molecule has 0 fully saturated rings. The number of hydrogen-bond donors (Lipinski definition) is 2. The Morgan fingerprint density at radius 2 is 1.81 bits per heavy atom. The fourth-order valence-corrected chi connectivity index (χ4v) is 5.44. The van der Waals surface area contributed by atoms with Crippen LogP contribution in [0.2, 0.25) is 0 Å². The number of ether oxygens (including phenoxy) is 3. The standard InChI is InChI=1S/C28H26N2O6S/c1-34-17-6-8-21-19(13-17)16(15-29-21)10-11-30-25(20-14-18(35-2)7-9-22(20)36-3)24(27(32)28(30)33)26(31)23-5-4-12-37-23/h4-9,12-15,25,29,32H,10-11H2,1-3H3/t25-/m1/s1. The molecule has 8 nitrogen and oxygen atoms in total. The minimum atomic E-state index is -0.855. The van der Waals surface area contributed by atoms with Crippen molar-refractivity contribution in [2.75, 3.05) is 27.9 Å². The van der Waals surface area contributed by atoms with Crippen molar-refractivity contribution in [2.45, 2.75) is 12.5 Å². The maximum Gasteiger partial charge on any atom is 0.290 e. The van der Waals surface area contributed by atoms with E-state index < -0.39 is 23.5 Å². The molecule has 0 spiro atoms. The Kier molecular flexibility index (Phi) is 6.62. The first-order valence-corrected chi connectivity index (χ1v) is 12.5. The van der Waals surface area contributed by atoms with Crippen LogP contribution in [0.1, 0.15) is 26.8 Å². The first-order chi connectivity index (χ1) is 18.0. The average molecular weight is 519 g/mol. The summed E-state index contributed by atoms with van der Waals surface area (Å²) in [4.78, 5) is 32.2. The molecular weight excluding hydrogens is 492 g/mol. The molecule has 0 radical (unpaired) electrons. The number of hydrogen-bond acceptors (Lipinski definition) is 7. The molecule has 2 aromatic carbocycles. The summed E-state index contributed by atoms with van der Waals surface area (Å²) in [5.41, 5.74) is 2.51. The lowest BCUT2D eigenvalue weighted by Gasteiger charge is -2.28. The van der Waals surface area contributed by atoms with Crippen LogP contribution in [0.3, 0.4) is 0 Å². The Balaban J connectivity index is 1.57. The lowest BCUT2D eigenvalue weighted by atomic mass is 9.94. The molecule has 1 aliphatic heterocycles. The molecule has 4 aromatic rings. The molecule has 0 aliphatic carbocycles. The molecule has 0 unspecified atom stereocenters. The minimum absolute atomic E-state index is 0.0274. The van der Waals surface area contributed by atoms with Crippen molar-refractivity contribution >= 4 is 33.9 Å². The van der Waals surface area contributed by atoms with Gasteiger partial charge in [-0.05, 0) is 59.8 Å². The van der Waals surface area contributed by atoms with Gasteiger partial charge in [-0.1, -0.05) is 6.07 Å². The molecule has 5 rings (SSSR count). The zero-order valence-electron chi connectivity index (χ0n) is 20.6. The van der Waals surface area contributed by atoms with Crippen LogP contribution in [0.5, 0.6) is 17.2 Å². The molecule has 2 aromatic heterocycles. The van der Waals surface area contributed by atoms with Crippen LogP contribution in [-0.4, -0.2) is 54.6 Å². The Morgan fingerprint density at radius 3 is 2.51 bits per heavy atom. The van der Waals surface area contributed by atoms with Crippen LogP contribution in [0, 0.1) is 0 Å². The van der Waals surface area contributed by atoms with Gasteiger partial charge in [0.25, 0.3) is 5.91 Å². The third-order valence-electron chi connectivity index (χ3n) is 6.62. The summed E-state index contributed by atoms with van der Waals surface area (Å²) in [5.74, 6) is 0.205. The number of thiophene rings is 1. The third-order valence-corrected chi connectivity index (χ3v) is 7.49. The number of carbonyl (C=O) groups is 2. The summed E-state index contributed by atoms with van der Waals surface area (Å²) in [7, 11) is 4.68. The van der Waals surface area contributed by atoms with Crippen LogP contribution in [0.4, 0.5) is 0 Å². The van der Waals surface area contributed by atoms with Crippen molar-refractivity contribution < 1.29 is 28.9 Å². The number of benzene rings is 2. The first kappa shape index (κ1) is 24.5. The normalized spacial score (nSPS) is 15.5. The number of amides is 1. The summed E-state index contributed by atoms with van der Waals surface area (Å²) >= 11 is 1.26. The zero-order chi connectivity index (χ0) is 26.1. The first-order valence-electron chi connectivity index (χ1n) is 11.6.